The fourth-order valence-electron chi connectivity index (χ4n) is 3.66. The van der Waals surface area contributed by atoms with Gasteiger partial charge in [0.2, 0.25) is 0 Å². The number of nitrogens with zero attached hydrogens (tertiary/aromatic N) is 2. The first-order valence-electron chi connectivity index (χ1n) is 10.2. The zero-order valence-corrected chi connectivity index (χ0v) is 19.9. The topological polar surface area (TPSA) is 56.1 Å². The standard InChI is InChI=1S/C24H22F3N3O2.2ClH/c1-28-13-16-2-3-18-11-21(7-4-17(18)10-16)30-9-8-22(12-23(30)31)32-15-20-6-5-19(14-29-20)24(25,26)27;;/h2-3,5-6,8-12,14,28H,4,7,13,15H2,1H3;2*1H. The molecule has 0 fully saturated rings. The Morgan fingerprint density at radius 3 is 2.53 bits per heavy atom. The molecule has 0 atom stereocenters. The van der Waals surface area contributed by atoms with E-state index >= 15 is 0 Å². The second kappa shape index (κ2) is 11.6. The van der Waals surface area contributed by atoms with Crippen LogP contribution < -0.4 is 15.6 Å². The van der Waals surface area contributed by atoms with Gasteiger partial charge >= 0.3 is 6.18 Å². The molecule has 0 unspecified atom stereocenters. The van der Waals surface area contributed by atoms with Crippen LogP contribution in [0.4, 0.5) is 13.2 Å². The molecule has 1 aromatic carbocycles. The van der Waals surface area contributed by atoms with Crippen LogP contribution in [0.1, 0.15) is 34.4 Å². The van der Waals surface area contributed by atoms with Gasteiger partial charge in [-0.1, -0.05) is 18.2 Å². The van der Waals surface area contributed by atoms with Crippen molar-refractivity contribution in [1.82, 2.24) is 14.9 Å². The fraction of sp³-hybridized carbons (Fsp3) is 0.250. The van der Waals surface area contributed by atoms with Crippen LogP contribution in [0.3, 0.4) is 0 Å². The van der Waals surface area contributed by atoms with Crippen LogP contribution in [0.25, 0.3) is 11.8 Å². The summed E-state index contributed by atoms with van der Waals surface area (Å²) in [7, 11) is 1.91. The van der Waals surface area contributed by atoms with Gasteiger partial charge in [0.25, 0.3) is 5.56 Å². The lowest BCUT2D eigenvalue weighted by Crippen LogP contribution is -2.19. The highest BCUT2D eigenvalue weighted by molar-refractivity contribution is 5.85. The lowest BCUT2D eigenvalue weighted by molar-refractivity contribution is -0.137. The fourth-order valence-corrected chi connectivity index (χ4v) is 3.66. The maximum atomic E-state index is 12.7. The van der Waals surface area contributed by atoms with Crippen LogP contribution in [-0.4, -0.2) is 16.6 Å². The highest BCUT2D eigenvalue weighted by Crippen LogP contribution is 2.29. The maximum Gasteiger partial charge on any atom is 0.417 e. The summed E-state index contributed by atoms with van der Waals surface area (Å²) in [6.07, 6.45) is 1.61. The van der Waals surface area contributed by atoms with E-state index in [0.29, 0.717) is 11.4 Å². The van der Waals surface area contributed by atoms with Gasteiger partial charge in [-0.05, 0) is 60.9 Å². The molecule has 0 amide bonds. The molecular weight excluding hydrogens is 490 g/mol. The van der Waals surface area contributed by atoms with E-state index in [-0.39, 0.29) is 37.0 Å². The molecule has 1 N–H and O–H groups in total. The molecule has 0 bridgehead atoms. The molecule has 2 heterocycles. The maximum absolute atomic E-state index is 12.7. The molecule has 0 radical (unpaired) electrons. The van der Waals surface area contributed by atoms with Crippen molar-refractivity contribution in [3.8, 4) is 5.75 Å². The van der Waals surface area contributed by atoms with E-state index in [9.17, 15) is 18.0 Å². The summed E-state index contributed by atoms with van der Waals surface area (Å²) < 4.78 is 45.0. The second-order valence-electron chi connectivity index (χ2n) is 7.59. The summed E-state index contributed by atoms with van der Waals surface area (Å²) in [5, 5.41) is 3.15. The van der Waals surface area contributed by atoms with Gasteiger partial charge in [0.05, 0.1) is 11.3 Å². The first kappa shape index (κ1) is 27.4. The Bertz CT molecular complexity index is 1210. The van der Waals surface area contributed by atoms with Gasteiger partial charge in [-0.25, -0.2) is 0 Å². The summed E-state index contributed by atoms with van der Waals surface area (Å²) >= 11 is 0. The molecule has 0 saturated carbocycles. The third-order valence-corrected chi connectivity index (χ3v) is 5.30. The number of halogens is 5. The number of rotatable bonds is 6. The number of alkyl halides is 3. The molecule has 2 aromatic heterocycles. The molecule has 0 spiro atoms. The molecule has 3 aromatic rings. The zero-order chi connectivity index (χ0) is 22.7. The first-order chi connectivity index (χ1) is 15.3. The first-order valence-corrected chi connectivity index (χ1v) is 10.2. The van der Waals surface area contributed by atoms with Crippen LogP contribution >= 0.6 is 24.8 Å². The Balaban J connectivity index is 0.00000204. The Kier molecular flexibility index (Phi) is 9.32. The molecule has 0 saturated heterocycles. The Morgan fingerprint density at radius 1 is 1.09 bits per heavy atom. The lowest BCUT2D eigenvalue weighted by atomic mass is 9.93. The smallest absolute Gasteiger partial charge is 0.417 e. The minimum Gasteiger partial charge on any atom is -0.487 e. The quantitative estimate of drug-likeness (QED) is 0.482. The largest absolute Gasteiger partial charge is 0.487 e. The predicted octanol–water partition coefficient (Wildman–Crippen LogP) is 5.35. The van der Waals surface area contributed by atoms with Crippen LogP contribution in [0.5, 0.6) is 5.75 Å². The monoisotopic (exact) mass is 513 g/mol. The van der Waals surface area contributed by atoms with E-state index in [4.69, 9.17) is 4.74 Å². The van der Waals surface area contributed by atoms with E-state index < -0.39 is 11.7 Å². The minimum atomic E-state index is -4.43. The Labute approximate surface area is 207 Å². The highest BCUT2D eigenvalue weighted by Gasteiger charge is 2.30. The number of benzene rings is 1. The van der Waals surface area contributed by atoms with Gasteiger partial charge in [0, 0.05) is 30.7 Å². The number of ether oxygens (including phenoxy) is 1. The third-order valence-electron chi connectivity index (χ3n) is 5.30. The summed E-state index contributed by atoms with van der Waals surface area (Å²) in [5.74, 6) is 0.335. The number of hydrogen-bond acceptors (Lipinski definition) is 4. The second-order valence-corrected chi connectivity index (χ2v) is 7.59. The molecular formula is C24H24Cl2F3N3O2. The molecule has 5 nitrogen and oxygen atoms in total. The van der Waals surface area contributed by atoms with Gasteiger partial charge in [-0.15, -0.1) is 24.8 Å². The van der Waals surface area contributed by atoms with E-state index in [1.807, 2.05) is 13.1 Å². The van der Waals surface area contributed by atoms with Crippen LogP contribution in [-0.2, 0) is 25.7 Å². The van der Waals surface area contributed by atoms with Gasteiger partial charge in [-0.2, -0.15) is 13.2 Å². The van der Waals surface area contributed by atoms with Crippen LogP contribution in [0.2, 0.25) is 0 Å². The van der Waals surface area contributed by atoms with Gasteiger partial charge in [0.15, 0.2) is 0 Å². The zero-order valence-electron chi connectivity index (χ0n) is 18.3. The van der Waals surface area contributed by atoms with Crippen molar-refractivity contribution in [1.29, 1.82) is 0 Å². The average molecular weight is 514 g/mol. The van der Waals surface area contributed by atoms with E-state index in [2.05, 4.69) is 28.5 Å². The minimum absolute atomic E-state index is 0. The lowest BCUT2D eigenvalue weighted by Gasteiger charge is -2.19. The van der Waals surface area contributed by atoms with Crippen molar-refractivity contribution in [3.63, 3.8) is 0 Å². The van der Waals surface area contributed by atoms with E-state index in [1.54, 1.807) is 16.8 Å². The number of pyridine rings is 2. The van der Waals surface area contributed by atoms with Gasteiger partial charge in [-0.3, -0.25) is 14.3 Å². The van der Waals surface area contributed by atoms with Crippen molar-refractivity contribution in [2.45, 2.75) is 32.2 Å². The molecule has 4 rings (SSSR count). The summed E-state index contributed by atoms with van der Waals surface area (Å²) in [6, 6.07) is 11.6. The highest BCUT2D eigenvalue weighted by atomic mass is 35.5. The molecule has 1 aliphatic rings. The summed E-state index contributed by atoms with van der Waals surface area (Å²) in [4.78, 5) is 16.4. The Morgan fingerprint density at radius 2 is 1.88 bits per heavy atom. The Hall–Kier alpha value is -2.81. The normalized spacial score (nSPS) is 12.6. The van der Waals surface area contributed by atoms with Crippen molar-refractivity contribution in [2.24, 2.45) is 0 Å². The molecule has 0 aliphatic heterocycles. The van der Waals surface area contributed by atoms with Gasteiger partial charge < -0.3 is 10.1 Å². The number of allylic oxidation sites excluding steroid dienone is 1. The number of aromatic nitrogens is 2. The summed E-state index contributed by atoms with van der Waals surface area (Å²) in [6.45, 7) is 0.777. The predicted molar refractivity (Wildman–Crippen MR) is 130 cm³/mol. The summed E-state index contributed by atoms with van der Waals surface area (Å²) in [5.41, 5.74) is 3.79. The number of fused-ring (bicyclic) bond motifs is 1. The van der Waals surface area contributed by atoms with E-state index in [0.717, 1.165) is 42.9 Å². The molecule has 182 valence electrons. The molecule has 10 heteroatoms. The SMILES string of the molecule is CNCc1ccc2c(c1)CCC(n1ccc(OCc3ccc(C(F)(F)F)cn3)cc1=O)=C2.Cl.Cl. The van der Waals surface area contributed by atoms with Crippen molar-refractivity contribution in [2.75, 3.05) is 7.05 Å². The number of aryl methyl sites for hydroxylation is 1. The third kappa shape index (κ3) is 6.40. The van der Waals surface area contributed by atoms with E-state index in [1.165, 1.54) is 23.3 Å². The van der Waals surface area contributed by atoms with Crippen molar-refractivity contribution >= 4 is 36.6 Å². The van der Waals surface area contributed by atoms with Crippen LogP contribution in [0.15, 0.2) is 59.7 Å². The van der Waals surface area contributed by atoms with Crippen molar-refractivity contribution < 1.29 is 17.9 Å². The van der Waals surface area contributed by atoms with Gasteiger partial charge in [0.1, 0.15) is 12.4 Å². The number of hydrogen-bond donors (Lipinski definition) is 1. The number of nitrogens with one attached hydrogen (secondary N) is 1. The molecule has 34 heavy (non-hydrogen) atoms. The van der Waals surface area contributed by atoms with Crippen molar-refractivity contribution in [3.05, 3.63) is 93.2 Å². The molecule has 1 aliphatic carbocycles. The van der Waals surface area contributed by atoms with Crippen LogP contribution in [0, 0.1) is 0 Å². The average Bonchev–Trinajstić information content (AvgIpc) is 2.77.